The van der Waals surface area contributed by atoms with Crippen LogP contribution in [0.15, 0.2) is 0 Å². The third-order valence-electron chi connectivity index (χ3n) is 2.00. The van der Waals surface area contributed by atoms with Crippen molar-refractivity contribution in [2.24, 2.45) is 0 Å². The van der Waals surface area contributed by atoms with Crippen molar-refractivity contribution < 1.29 is 58.4 Å². The molecular weight excluding hydrogens is 326 g/mol. The van der Waals surface area contributed by atoms with E-state index in [-0.39, 0.29) is 0 Å². The number of rotatable bonds is 8. The predicted molar refractivity (Wildman–Crippen MR) is 59.1 cm³/mol. The highest BCUT2D eigenvalue weighted by Gasteiger charge is 2.46. The van der Waals surface area contributed by atoms with Crippen LogP contribution in [0.3, 0.4) is 0 Å². The molecule has 0 saturated heterocycles. The van der Waals surface area contributed by atoms with Crippen molar-refractivity contribution in [3.05, 3.63) is 0 Å². The van der Waals surface area contributed by atoms with Gasteiger partial charge >= 0.3 is 15.4 Å². The van der Waals surface area contributed by atoms with Gasteiger partial charge in [-0.2, -0.15) is 0 Å². The summed E-state index contributed by atoms with van der Waals surface area (Å²) in [7, 11) is -11.2. The number of hydrogen-bond acceptors (Lipinski definition) is 9. The molecule has 20 heavy (non-hydrogen) atoms. The van der Waals surface area contributed by atoms with Gasteiger partial charge in [-0.1, -0.05) is 0 Å². The molecule has 5 atom stereocenters. The zero-order valence-corrected chi connectivity index (χ0v) is 11.4. The molecule has 0 aromatic carbocycles. The van der Waals surface area contributed by atoms with E-state index in [1.165, 1.54) is 0 Å². The SMILES string of the molecule is O=C([C@@H](O)[C@@H](O)[C@H](O)[C@H](O)CO)P(=O)(O)OP(=O)(O)O. The van der Waals surface area contributed by atoms with E-state index in [0.29, 0.717) is 0 Å². The molecule has 12 nitrogen and oxygen atoms in total. The van der Waals surface area contributed by atoms with Crippen molar-refractivity contribution in [2.45, 2.75) is 24.4 Å². The lowest BCUT2D eigenvalue weighted by Crippen LogP contribution is -2.48. The number of phosphoric acid groups is 1. The second-order valence-corrected chi connectivity index (χ2v) is 6.72. The van der Waals surface area contributed by atoms with Gasteiger partial charge < -0.3 is 40.2 Å². The normalized spacial score (nSPS) is 21.6. The van der Waals surface area contributed by atoms with E-state index in [0.717, 1.165) is 0 Å². The van der Waals surface area contributed by atoms with E-state index in [9.17, 15) is 24.1 Å². The average Bonchev–Trinajstić information content (AvgIpc) is 2.31. The van der Waals surface area contributed by atoms with E-state index in [1.807, 2.05) is 0 Å². The number of aliphatic hydroxyl groups excluding tert-OH is 5. The summed E-state index contributed by atoms with van der Waals surface area (Å²) in [6.07, 6.45) is -9.55. The fourth-order valence-electron chi connectivity index (χ4n) is 1.02. The van der Waals surface area contributed by atoms with Crippen molar-refractivity contribution in [3.8, 4) is 0 Å². The van der Waals surface area contributed by atoms with E-state index in [4.69, 9.17) is 30.0 Å². The van der Waals surface area contributed by atoms with E-state index < -0.39 is 52.0 Å². The number of carbonyl (C=O) groups is 1. The summed E-state index contributed by atoms with van der Waals surface area (Å²) in [5.74, 6) is 0. The zero-order chi connectivity index (χ0) is 16.3. The predicted octanol–water partition coefficient (Wildman–Crippen LogP) is -3.76. The molecule has 1 unspecified atom stereocenters. The van der Waals surface area contributed by atoms with Gasteiger partial charge in [0, 0.05) is 0 Å². The van der Waals surface area contributed by atoms with Crippen molar-refractivity contribution in [1.29, 1.82) is 0 Å². The van der Waals surface area contributed by atoms with Gasteiger partial charge in [-0.15, -0.1) is 0 Å². The molecule has 0 aromatic heterocycles. The third kappa shape index (κ3) is 5.64. The van der Waals surface area contributed by atoms with Gasteiger partial charge in [0.05, 0.1) is 6.61 Å². The van der Waals surface area contributed by atoms with Gasteiger partial charge in [0.25, 0.3) is 5.52 Å². The van der Waals surface area contributed by atoms with Gasteiger partial charge in [-0.05, 0) is 0 Å². The van der Waals surface area contributed by atoms with Crippen LogP contribution in [0.4, 0.5) is 0 Å². The molecule has 0 spiro atoms. The Morgan fingerprint density at radius 3 is 1.80 bits per heavy atom. The van der Waals surface area contributed by atoms with E-state index in [1.54, 1.807) is 0 Å². The van der Waals surface area contributed by atoms with Crippen LogP contribution in [-0.4, -0.2) is 76.8 Å². The standard InChI is InChI=1S/C6H14O12P2/c7-1-2(8)3(9)4(10)5(11)6(12)19(13,14)18-20(15,16)17/h2-5,7-11H,1H2,(H,13,14)(H2,15,16,17)/t2-,3-,4+,5+/m1/s1. The molecule has 0 aliphatic heterocycles. The highest BCUT2D eigenvalue weighted by Crippen LogP contribution is 2.58. The molecule has 0 aromatic rings. The summed E-state index contributed by atoms with van der Waals surface area (Å²) in [6.45, 7) is -1.06. The molecule has 0 saturated carbocycles. The van der Waals surface area contributed by atoms with Crippen LogP contribution in [0.5, 0.6) is 0 Å². The van der Waals surface area contributed by atoms with Crippen LogP contribution in [0, 0.1) is 0 Å². The molecule has 0 heterocycles. The summed E-state index contributed by atoms with van der Waals surface area (Å²) in [5.41, 5.74) is -2.21. The first-order valence-electron chi connectivity index (χ1n) is 4.80. The Hall–Kier alpha value is -0.230. The molecule has 0 bridgehead atoms. The molecule has 0 aliphatic carbocycles. The van der Waals surface area contributed by atoms with Crippen LogP contribution < -0.4 is 0 Å². The topological polar surface area (TPSA) is 222 Å². The highest BCUT2D eigenvalue weighted by molar-refractivity contribution is 7.76. The maximum atomic E-state index is 11.3. The Kier molecular flexibility index (Phi) is 7.08. The lowest BCUT2D eigenvalue weighted by Gasteiger charge is -2.25. The summed E-state index contributed by atoms with van der Waals surface area (Å²) in [4.78, 5) is 36.8. The smallest absolute Gasteiger partial charge is 0.394 e. The van der Waals surface area contributed by atoms with Crippen molar-refractivity contribution in [1.82, 2.24) is 0 Å². The molecular formula is C6H14O12P2. The van der Waals surface area contributed by atoms with Gasteiger partial charge in [0.15, 0.2) is 6.10 Å². The molecule has 8 N–H and O–H groups in total. The first-order valence-corrected chi connectivity index (χ1v) is 7.91. The molecule has 0 radical (unpaired) electrons. The van der Waals surface area contributed by atoms with Gasteiger partial charge in [0.1, 0.15) is 18.3 Å². The Morgan fingerprint density at radius 1 is 1.00 bits per heavy atom. The second kappa shape index (κ2) is 7.16. The van der Waals surface area contributed by atoms with Crippen LogP contribution in [0.2, 0.25) is 0 Å². The zero-order valence-electron chi connectivity index (χ0n) is 9.62. The maximum absolute atomic E-state index is 11.3. The van der Waals surface area contributed by atoms with Crippen LogP contribution >= 0.6 is 15.4 Å². The molecule has 0 rings (SSSR count). The number of hydrogen-bond donors (Lipinski definition) is 8. The molecule has 0 fully saturated rings. The molecule has 14 heteroatoms. The summed E-state index contributed by atoms with van der Waals surface area (Å²) in [6, 6.07) is 0. The Bertz CT molecular complexity index is 430. The average molecular weight is 340 g/mol. The Balaban J connectivity index is 5.02. The van der Waals surface area contributed by atoms with Gasteiger partial charge in [-0.25, -0.2) is 8.88 Å². The van der Waals surface area contributed by atoms with Crippen molar-refractivity contribution >= 4 is 20.9 Å². The number of carbonyl (C=O) groups excluding carboxylic acids is 1. The largest absolute Gasteiger partial charge is 0.477 e. The molecule has 0 amide bonds. The fraction of sp³-hybridized carbons (Fsp3) is 0.833. The minimum atomic E-state index is -5.66. The quantitative estimate of drug-likeness (QED) is 0.199. The van der Waals surface area contributed by atoms with Crippen LogP contribution in [0.1, 0.15) is 0 Å². The highest BCUT2D eigenvalue weighted by atomic mass is 31.3. The minimum Gasteiger partial charge on any atom is -0.394 e. The fourth-order valence-corrected chi connectivity index (χ4v) is 2.98. The first kappa shape index (κ1) is 19.8. The lowest BCUT2D eigenvalue weighted by molar-refractivity contribution is -0.141. The lowest BCUT2D eigenvalue weighted by atomic mass is 10.0. The Morgan fingerprint density at radius 2 is 1.45 bits per heavy atom. The molecule has 120 valence electrons. The van der Waals surface area contributed by atoms with Crippen molar-refractivity contribution in [2.75, 3.05) is 6.61 Å². The maximum Gasteiger partial charge on any atom is 0.477 e. The van der Waals surface area contributed by atoms with Gasteiger partial charge in [0.2, 0.25) is 0 Å². The van der Waals surface area contributed by atoms with E-state index >= 15 is 0 Å². The second-order valence-electron chi connectivity index (χ2n) is 3.61. The van der Waals surface area contributed by atoms with Crippen LogP contribution in [0.25, 0.3) is 0 Å². The third-order valence-corrected chi connectivity index (χ3v) is 4.56. The van der Waals surface area contributed by atoms with Crippen molar-refractivity contribution in [3.63, 3.8) is 0 Å². The minimum absolute atomic E-state index is 1.06. The summed E-state index contributed by atoms with van der Waals surface area (Å²) in [5, 5.41) is 45.0. The first-order chi connectivity index (χ1) is 8.83. The molecule has 0 aliphatic rings. The monoisotopic (exact) mass is 340 g/mol. The summed E-state index contributed by atoms with van der Waals surface area (Å²) < 4.78 is 24.8. The van der Waals surface area contributed by atoms with Crippen LogP contribution in [-0.2, 0) is 18.2 Å². The van der Waals surface area contributed by atoms with Gasteiger partial charge in [-0.3, -0.25) is 9.36 Å². The van der Waals surface area contributed by atoms with E-state index in [2.05, 4.69) is 4.31 Å². The number of aliphatic hydroxyl groups is 5. The summed E-state index contributed by atoms with van der Waals surface area (Å²) >= 11 is 0. The Labute approximate surface area is 111 Å².